The molecule has 0 saturated heterocycles. The first-order chi connectivity index (χ1) is 11.1. The van der Waals surface area contributed by atoms with E-state index < -0.39 is 0 Å². The van der Waals surface area contributed by atoms with Crippen LogP contribution in [-0.2, 0) is 0 Å². The highest BCUT2D eigenvalue weighted by molar-refractivity contribution is 6.05. The van der Waals surface area contributed by atoms with Crippen LogP contribution in [0.5, 0.6) is 0 Å². The number of H-pyrrole nitrogens is 2. The lowest BCUT2D eigenvalue weighted by molar-refractivity contribution is 0.102. The van der Waals surface area contributed by atoms with E-state index in [0.717, 1.165) is 24.1 Å². The third kappa shape index (κ3) is 3.21. The molecule has 23 heavy (non-hydrogen) atoms. The molecule has 2 aromatic rings. The minimum atomic E-state index is -0.183. The number of anilines is 1. The number of hydrogen-bond acceptors (Lipinski definition) is 3. The lowest BCUT2D eigenvalue weighted by Gasteiger charge is -2.21. The molecule has 0 aliphatic heterocycles. The monoisotopic (exact) mass is 314 g/mol. The van der Waals surface area contributed by atoms with Crippen LogP contribution in [0.1, 0.15) is 65.3 Å². The van der Waals surface area contributed by atoms with Gasteiger partial charge in [-0.3, -0.25) is 14.7 Å². The highest BCUT2D eigenvalue weighted by Crippen LogP contribution is 2.33. The Labute approximate surface area is 134 Å². The van der Waals surface area contributed by atoms with Crippen LogP contribution in [0, 0.1) is 13.8 Å². The van der Waals surface area contributed by atoms with Crippen molar-refractivity contribution in [2.75, 3.05) is 5.32 Å². The van der Waals surface area contributed by atoms with Crippen LogP contribution in [0.2, 0.25) is 0 Å². The Hall–Kier alpha value is -2.37. The van der Waals surface area contributed by atoms with Gasteiger partial charge >= 0.3 is 0 Å². The van der Waals surface area contributed by atoms with Gasteiger partial charge in [0, 0.05) is 17.7 Å². The van der Waals surface area contributed by atoms with Gasteiger partial charge in [0.05, 0.1) is 23.1 Å². The highest BCUT2D eigenvalue weighted by atomic mass is 16.1. The van der Waals surface area contributed by atoms with Gasteiger partial charge in [-0.25, -0.2) is 0 Å². The van der Waals surface area contributed by atoms with E-state index in [1.54, 1.807) is 13.1 Å². The van der Waals surface area contributed by atoms with Crippen molar-refractivity contribution in [3.8, 4) is 0 Å². The predicted molar refractivity (Wildman–Crippen MR) is 88.9 cm³/mol. The summed E-state index contributed by atoms with van der Waals surface area (Å²) in [5.74, 6) is 0.197. The summed E-state index contributed by atoms with van der Waals surface area (Å²) in [4.78, 5) is 26.8. The van der Waals surface area contributed by atoms with E-state index in [1.807, 2.05) is 6.92 Å². The van der Waals surface area contributed by atoms with Crippen LogP contribution < -0.4 is 10.9 Å². The summed E-state index contributed by atoms with van der Waals surface area (Å²) in [7, 11) is 0. The first kappa shape index (κ1) is 15.5. The first-order valence-corrected chi connectivity index (χ1v) is 8.11. The topological polar surface area (TPSA) is 90.6 Å². The number of carbonyl (C=O) groups excluding carboxylic acids is 1. The van der Waals surface area contributed by atoms with E-state index in [2.05, 4.69) is 20.5 Å². The van der Waals surface area contributed by atoms with E-state index in [4.69, 9.17) is 0 Å². The van der Waals surface area contributed by atoms with Crippen molar-refractivity contribution in [2.24, 2.45) is 0 Å². The predicted octanol–water partition coefficient (Wildman–Crippen LogP) is 3.01. The average Bonchev–Trinajstić information content (AvgIpc) is 3.01. The number of aryl methyl sites for hydroxylation is 2. The molecule has 3 rings (SSSR count). The van der Waals surface area contributed by atoms with Crippen molar-refractivity contribution in [1.82, 2.24) is 15.2 Å². The zero-order valence-electron chi connectivity index (χ0n) is 13.5. The Morgan fingerprint density at radius 1 is 1.26 bits per heavy atom. The van der Waals surface area contributed by atoms with E-state index in [1.165, 1.54) is 25.3 Å². The Morgan fingerprint density at radius 3 is 2.70 bits per heavy atom. The zero-order valence-corrected chi connectivity index (χ0v) is 13.5. The molecule has 6 heteroatoms. The van der Waals surface area contributed by atoms with Gasteiger partial charge in [-0.2, -0.15) is 5.10 Å². The Balaban J connectivity index is 1.85. The number of nitrogens with one attached hydrogen (secondary N) is 3. The van der Waals surface area contributed by atoms with E-state index in [-0.39, 0.29) is 11.5 Å². The Bertz CT molecular complexity index is 743. The number of hydrogen-bond donors (Lipinski definition) is 3. The molecule has 6 nitrogen and oxygen atoms in total. The van der Waals surface area contributed by atoms with Gasteiger partial charge in [-0.1, -0.05) is 19.3 Å². The number of nitrogens with zero attached hydrogens (tertiary/aromatic N) is 1. The molecular weight excluding hydrogens is 292 g/mol. The summed E-state index contributed by atoms with van der Waals surface area (Å²) in [6, 6.07) is 1.49. The van der Waals surface area contributed by atoms with Crippen molar-refractivity contribution in [3.05, 3.63) is 45.1 Å². The maximum atomic E-state index is 12.7. The summed E-state index contributed by atoms with van der Waals surface area (Å²) in [5.41, 5.74) is 3.44. The largest absolute Gasteiger partial charge is 0.324 e. The second-order valence-corrected chi connectivity index (χ2v) is 6.30. The lowest BCUT2D eigenvalue weighted by Crippen LogP contribution is -2.19. The van der Waals surface area contributed by atoms with Gasteiger partial charge in [0.1, 0.15) is 0 Å². The fraction of sp³-hybridized carbons (Fsp3) is 0.471. The number of aromatic nitrogens is 3. The van der Waals surface area contributed by atoms with Gasteiger partial charge in [0.2, 0.25) is 5.56 Å². The van der Waals surface area contributed by atoms with Gasteiger partial charge in [-0.05, 0) is 32.3 Å². The van der Waals surface area contributed by atoms with Crippen LogP contribution in [0.25, 0.3) is 0 Å². The molecule has 3 N–H and O–H groups in total. The fourth-order valence-electron chi connectivity index (χ4n) is 3.40. The van der Waals surface area contributed by atoms with Gasteiger partial charge in [0.25, 0.3) is 5.91 Å². The maximum absolute atomic E-state index is 12.7. The molecule has 1 aliphatic rings. The van der Waals surface area contributed by atoms with Crippen LogP contribution in [-0.4, -0.2) is 21.1 Å². The molecule has 1 saturated carbocycles. The van der Waals surface area contributed by atoms with E-state index in [0.29, 0.717) is 22.9 Å². The van der Waals surface area contributed by atoms with Crippen LogP contribution in [0.15, 0.2) is 17.1 Å². The molecule has 1 amide bonds. The number of pyridine rings is 1. The molecule has 0 bridgehead atoms. The van der Waals surface area contributed by atoms with Crippen LogP contribution >= 0.6 is 0 Å². The van der Waals surface area contributed by atoms with E-state index in [9.17, 15) is 9.59 Å². The Kier molecular flexibility index (Phi) is 4.32. The van der Waals surface area contributed by atoms with Crippen molar-refractivity contribution in [3.63, 3.8) is 0 Å². The summed E-state index contributed by atoms with van der Waals surface area (Å²) in [6.45, 7) is 3.59. The second kappa shape index (κ2) is 6.40. The Morgan fingerprint density at radius 2 is 2.00 bits per heavy atom. The SMILES string of the molecule is Cc1cc(=O)[nH]c(C)c1NC(=O)c1cn[nH]c1C1CCCCC1. The van der Waals surface area contributed by atoms with Gasteiger partial charge in [0.15, 0.2) is 0 Å². The first-order valence-electron chi connectivity index (χ1n) is 8.11. The molecule has 1 aliphatic carbocycles. The summed E-state index contributed by atoms with van der Waals surface area (Å²) >= 11 is 0. The zero-order chi connectivity index (χ0) is 16.4. The molecule has 0 atom stereocenters. The van der Waals surface area contributed by atoms with Gasteiger partial charge < -0.3 is 10.3 Å². The lowest BCUT2D eigenvalue weighted by atomic mass is 9.85. The van der Waals surface area contributed by atoms with Crippen molar-refractivity contribution >= 4 is 11.6 Å². The number of amides is 1. The average molecular weight is 314 g/mol. The third-order valence-corrected chi connectivity index (χ3v) is 4.59. The molecule has 0 unspecified atom stereocenters. The van der Waals surface area contributed by atoms with Crippen LogP contribution in [0.3, 0.4) is 0 Å². The smallest absolute Gasteiger partial charge is 0.259 e. The number of carbonyl (C=O) groups is 1. The van der Waals surface area contributed by atoms with Crippen molar-refractivity contribution in [1.29, 1.82) is 0 Å². The second-order valence-electron chi connectivity index (χ2n) is 6.30. The van der Waals surface area contributed by atoms with Crippen molar-refractivity contribution in [2.45, 2.75) is 51.9 Å². The van der Waals surface area contributed by atoms with E-state index >= 15 is 0 Å². The molecule has 2 heterocycles. The molecule has 0 aromatic carbocycles. The summed E-state index contributed by atoms with van der Waals surface area (Å²) in [6.07, 6.45) is 7.45. The summed E-state index contributed by atoms with van der Waals surface area (Å²) in [5, 5.41) is 10.0. The molecule has 1 fully saturated rings. The quantitative estimate of drug-likeness (QED) is 0.813. The molecular formula is C17H22N4O2. The maximum Gasteiger partial charge on any atom is 0.259 e. The molecule has 0 spiro atoms. The molecule has 0 radical (unpaired) electrons. The highest BCUT2D eigenvalue weighted by Gasteiger charge is 2.24. The fourth-order valence-corrected chi connectivity index (χ4v) is 3.40. The van der Waals surface area contributed by atoms with Gasteiger partial charge in [-0.15, -0.1) is 0 Å². The van der Waals surface area contributed by atoms with Crippen molar-refractivity contribution < 1.29 is 4.79 Å². The third-order valence-electron chi connectivity index (χ3n) is 4.59. The minimum absolute atomic E-state index is 0.163. The molecule has 2 aromatic heterocycles. The van der Waals surface area contributed by atoms with Crippen LogP contribution in [0.4, 0.5) is 5.69 Å². The normalized spacial score (nSPS) is 15.6. The number of rotatable bonds is 3. The molecule has 122 valence electrons. The minimum Gasteiger partial charge on any atom is -0.324 e. The number of aromatic amines is 2. The standard InChI is InChI=1S/C17H22N4O2/c1-10-8-14(22)19-11(2)15(10)20-17(23)13-9-18-21-16(13)12-6-4-3-5-7-12/h8-9,12H,3-7H2,1-2H3,(H,18,21)(H,19,22)(H,20,23). The summed E-state index contributed by atoms with van der Waals surface area (Å²) < 4.78 is 0.